The number of nitrogens with zero attached hydrogens (tertiary/aromatic N) is 1. The summed E-state index contributed by atoms with van der Waals surface area (Å²) in [6.07, 6.45) is 0. The van der Waals surface area contributed by atoms with Crippen LogP contribution in [-0.2, 0) is 17.2 Å². The molecule has 0 aliphatic carbocycles. The van der Waals surface area contributed by atoms with Crippen molar-refractivity contribution in [2.75, 3.05) is 19.3 Å². The van der Waals surface area contributed by atoms with Crippen molar-refractivity contribution in [2.24, 2.45) is 0 Å². The zero-order valence-corrected chi connectivity index (χ0v) is 8.60. The molecule has 0 saturated carbocycles. The van der Waals surface area contributed by atoms with E-state index in [1.165, 1.54) is 10.5 Å². The normalized spacial score (nSPS) is 23.6. The van der Waals surface area contributed by atoms with E-state index in [0.717, 1.165) is 18.8 Å². The summed E-state index contributed by atoms with van der Waals surface area (Å²) in [6.45, 7) is 2.04. The summed E-state index contributed by atoms with van der Waals surface area (Å²) in [4.78, 5) is 3.53. The van der Waals surface area contributed by atoms with E-state index in [4.69, 9.17) is 4.78 Å². The summed E-state index contributed by atoms with van der Waals surface area (Å²) in [5.74, 6) is 0.980. The maximum atomic E-state index is 7.98. The highest BCUT2D eigenvalue weighted by atomic mass is 32.2. The van der Waals surface area contributed by atoms with Crippen LogP contribution in [0.1, 0.15) is 5.56 Å². The highest BCUT2D eigenvalue weighted by Gasteiger charge is 2.13. The molecule has 2 rings (SSSR count). The standard InChI is InChI=1S/C10H14N2S/c1-12-6-7-13(11)10-5-3-2-4-9(10)8-12/h2-5,11H,6-8H2,1H3. The highest BCUT2D eigenvalue weighted by Crippen LogP contribution is 2.18. The fourth-order valence-electron chi connectivity index (χ4n) is 1.60. The lowest BCUT2D eigenvalue weighted by Crippen LogP contribution is -2.19. The van der Waals surface area contributed by atoms with Gasteiger partial charge in [0.05, 0.1) is 0 Å². The van der Waals surface area contributed by atoms with E-state index in [0.29, 0.717) is 0 Å². The van der Waals surface area contributed by atoms with Gasteiger partial charge in [-0.25, -0.2) is 0 Å². The van der Waals surface area contributed by atoms with E-state index < -0.39 is 0 Å². The van der Waals surface area contributed by atoms with Crippen LogP contribution in [0.2, 0.25) is 0 Å². The smallest absolute Gasteiger partial charge is 0.0242 e. The van der Waals surface area contributed by atoms with Crippen molar-refractivity contribution in [3.05, 3.63) is 29.8 Å². The van der Waals surface area contributed by atoms with E-state index in [1.54, 1.807) is 0 Å². The number of benzene rings is 1. The van der Waals surface area contributed by atoms with Crippen molar-refractivity contribution in [3.63, 3.8) is 0 Å². The highest BCUT2D eigenvalue weighted by molar-refractivity contribution is 7.86. The molecule has 13 heavy (non-hydrogen) atoms. The molecular formula is C10H14N2S. The Kier molecular flexibility index (Phi) is 2.47. The Labute approximate surface area is 81.5 Å². The van der Waals surface area contributed by atoms with Crippen LogP contribution >= 0.6 is 0 Å². The van der Waals surface area contributed by atoms with Gasteiger partial charge in [0.25, 0.3) is 0 Å². The Morgan fingerprint density at radius 2 is 2.15 bits per heavy atom. The minimum atomic E-state index is -0.295. The van der Waals surface area contributed by atoms with Gasteiger partial charge in [0, 0.05) is 23.7 Å². The Morgan fingerprint density at radius 1 is 1.38 bits per heavy atom. The van der Waals surface area contributed by atoms with Crippen molar-refractivity contribution in [1.82, 2.24) is 4.90 Å². The first kappa shape index (κ1) is 8.91. The molecule has 1 aliphatic heterocycles. The molecule has 1 unspecified atom stereocenters. The first-order valence-corrected chi connectivity index (χ1v) is 5.85. The van der Waals surface area contributed by atoms with Crippen LogP contribution < -0.4 is 0 Å². The van der Waals surface area contributed by atoms with Crippen molar-refractivity contribution >= 4 is 10.7 Å². The molecule has 1 aromatic rings. The Bertz CT molecular complexity index is 335. The van der Waals surface area contributed by atoms with Crippen LogP contribution in [0.4, 0.5) is 0 Å². The Hall–Kier alpha value is -0.670. The molecule has 0 fully saturated rings. The number of rotatable bonds is 0. The van der Waals surface area contributed by atoms with Gasteiger partial charge in [-0.2, -0.15) is 0 Å². The lowest BCUT2D eigenvalue weighted by molar-refractivity contribution is 0.349. The fraction of sp³-hybridized carbons (Fsp3) is 0.400. The van der Waals surface area contributed by atoms with Gasteiger partial charge in [0.2, 0.25) is 0 Å². The van der Waals surface area contributed by atoms with Gasteiger partial charge < -0.3 is 4.90 Å². The summed E-state index contributed by atoms with van der Waals surface area (Å²) < 4.78 is 7.98. The first-order chi connectivity index (χ1) is 6.27. The summed E-state index contributed by atoms with van der Waals surface area (Å²) in [7, 11) is 1.83. The summed E-state index contributed by atoms with van der Waals surface area (Å²) >= 11 is 0. The summed E-state index contributed by atoms with van der Waals surface area (Å²) in [5.41, 5.74) is 1.33. The molecule has 0 spiro atoms. The van der Waals surface area contributed by atoms with Gasteiger partial charge in [-0.15, -0.1) is 0 Å². The molecule has 1 aliphatic rings. The van der Waals surface area contributed by atoms with E-state index in [-0.39, 0.29) is 10.7 Å². The van der Waals surface area contributed by atoms with Crippen molar-refractivity contribution in [3.8, 4) is 0 Å². The predicted molar refractivity (Wildman–Crippen MR) is 56.0 cm³/mol. The lowest BCUT2D eigenvalue weighted by atomic mass is 10.2. The van der Waals surface area contributed by atoms with Gasteiger partial charge in [0.15, 0.2) is 0 Å². The molecule has 1 aromatic carbocycles. The summed E-state index contributed by atoms with van der Waals surface area (Å²) in [5, 5.41) is 0. The number of fused-ring (bicyclic) bond motifs is 1. The average molecular weight is 194 g/mol. The van der Waals surface area contributed by atoms with E-state index >= 15 is 0 Å². The SMILES string of the molecule is CN1CCS(=N)c2ccccc2C1. The van der Waals surface area contributed by atoms with Crippen molar-refractivity contribution in [2.45, 2.75) is 11.4 Å². The van der Waals surface area contributed by atoms with Crippen LogP contribution in [0.15, 0.2) is 29.2 Å². The molecular weight excluding hydrogens is 180 g/mol. The maximum absolute atomic E-state index is 7.98. The zero-order chi connectivity index (χ0) is 9.26. The molecule has 3 heteroatoms. The minimum absolute atomic E-state index is 0.295. The number of hydrogen-bond acceptors (Lipinski definition) is 2. The van der Waals surface area contributed by atoms with E-state index in [9.17, 15) is 0 Å². The Balaban J connectivity index is 2.43. The molecule has 0 saturated heterocycles. The second-order valence-electron chi connectivity index (χ2n) is 3.44. The lowest BCUT2D eigenvalue weighted by Gasteiger charge is -2.12. The number of nitrogens with one attached hydrogen (secondary N) is 1. The van der Waals surface area contributed by atoms with Crippen LogP contribution in [0.25, 0.3) is 0 Å². The van der Waals surface area contributed by atoms with Crippen LogP contribution in [0.5, 0.6) is 0 Å². The van der Waals surface area contributed by atoms with Crippen LogP contribution in [0, 0.1) is 4.78 Å². The molecule has 70 valence electrons. The summed E-state index contributed by atoms with van der Waals surface area (Å²) in [6, 6.07) is 8.35. The molecule has 1 heterocycles. The van der Waals surface area contributed by atoms with Crippen LogP contribution in [-0.4, -0.2) is 24.2 Å². The van der Waals surface area contributed by atoms with Crippen LogP contribution in [0.3, 0.4) is 0 Å². The minimum Gasteiger partial charge on any atom is -0.301 e. The predicted octanol–water partition coefficient (Wildman–Crippen LogP) is 1.87. The third-order valence-corrected chi connectivity index (χ3v) is 3.88. The van der Waals surface area contributed by atoms with Gasteiger partial charge in [-0.05, 0) is 18.7 Å². The Morgan fingerprint density at radius 3 is 3.00 bits per heavy atom. The molecule has 0 radical (unpaired) electrons. The van der Waals surface area contributed by atoms with Crippen molar-refractivity contribution < 1.29 is 0 Å². The quantitative estimate of drug-likeness (QED) is 0.670. The third-order valence-electron chi connectivity index (χ3n) is 2.36. The zero-order valence-electron chi connectivity index (χ0n) is 7.79. The fourth-order valence-corrected chi connectivity index (χ4v) is 3.01. The van der Waals surface area contributed by atoms with Crippen molar-refractivity contribution in [1.29, 1.82) is 4.78 Å². The number of hydrogen-bond donors (Lipinski definition) is 1. The average Bonchev–Trinajstić information content (AvgIpc) is 2.27. The molecule has 2 nitrogen and oxygen atoms in total. The van der Waals surface area contributed by atoms with E-state index in [2.05, 4.69) is 30.1 Å². The van der Waals surface area contributed by atoms with Gasteiger partial charge in [0.1, 0.15) is 0 Å². The topological polar surface area (TPSA) is 27.1 Å². The monoisotopic (exact) mass is 194 g/mol. The molecule has 1 atom stereocenters. The first-order valence-electron chi connectivity index (χ1n) is 4.46. The third kappa shape index (κ3) is 1.81. The second kappa shape index (κ2) is 3.60. The second-order valence-corrected chi connectivity index (χ2v) is 5.07. The molecule has 0 amide bonds. The van der Waals surface area contributed by atoms with E-state index in [1.807, 2.05) is 6.07 Å². The largest absolute Gasteiger partial charge is 0.301 e. The van der Waals surface area contributed by atoms with Gasteiger partial charge in [-0.1, -0.05) is 28.9 Å². The molecule has 1 N–H and O–H groups in total. The molecule has 0 bridgehead atoms. The maximum Gasteiger partial charge on any atom is 0.0242 e. The molecule has 0 aromatic heterocycles. The van der Waals surface area contributed by atoms with Gasteiger partial charge in [-0.3, -0.25) is 4.78 Å². The van der Waals surface area contributed by atoms with Gasteiger partial charge >= 0.3 is 0 Å².